The van der Waals surface area contributed by atoms with Gasteiger partial charge in [-0.1, -0.05) is 11.6 Å². The van der Waals surface area contributed by atoms with E-state index in [0.29, 0.717) is 38.9 Å². The molecule has 4 rings (SSSR count). The number of nitrogens with zero attached hydrogens (tertiary/aromatic N) is 4. The van der Waals surface area contributed by atoms with Crippen molar-refractivity contribution >= 4 is 45.1 Å². The second-order valence-corrected chi connectivity index (χ2v) is 10.7. The fourth-order valence-electron chi connectivity index (χ4n) is 4.25. The van der Waals surface area contributed by atoms with Crippen LogP contribution in [0.25, 0.3) is 0 Å². The Kier molecular flexibility index (Phi) is 6.67. The summed E-state index contributed by atoms with van der Waals surface area (Å²) in [6.07, 6.45) is 5.78. The van der Waals surface area contributed by atoms with Gasteiger partial charge in [0.1, 0.15) is 5.82 Å². The summed E-state index contributed by atoms with van der Waals surface area (Å²) in [5.74, 6) is -1.49. The standard InChI is InChI=1S/C22H23ClF2N4O3S/c1-33(31,32)17-2-3-20(18(24)11-17)26-12-14-4-9-29(22(14)30)16-5-7-28(8-6-16)21-19(25)10-15(23)13-27-21/h2-3,10-14,16H,4-9H2,1H3. The lowest BCUT2D eigenvalue weighted by molar-refractivity contribution is -0.131. The Morgan fingerprint density at radius 3 is 2.48 bits per heavy atom. The SMILES string of the molecule is CS(=O)(=O)c1ccc(N=CC2CCN(C3CCN(c4ncc(Cl)cc4F)CC3)C2=O)c(F)c1. The number of aromatic nitrogens is 1. The lowest BCUT2D eigenvalue weighted by Crippen LogP contribution is -2.46. The molecule has 7 nitrogen and oxygen atoms in total. The Hall–Kier alpha value is -2.59. The topological polar surface area (TPSA) is 82.9 Å². The van der Waals surface area contributed by atoms with Crippen molar-refractivity contribution in [1.82, 2.24) is 9.88 Å². The number of hydrogen-bond acceptors (Lipinski definition) is 6. The average molecular weight is 497 g/mol. The molecule has 3 heterocycles. The van der Waals surface area contributed by atoms with E-state index >= 15 is 0 Å². The number of carbonyl (C=O) groups excluding carboxylic acids is 1. The van der Waals surface area contributed by atoms with Crippen LogP contribution in [0.4, 0.5) is 20.3 Å². The molecule has 11 heteroatoms. The van der Waals surface area contributed by atoms with Gasteiger partial charge in [0.05, 0.1) is 21.5 Å². The van der Waals surface area contributed by atoms with Gasteiger partial charge in [0.2, 0.25) is 5.91 Å². The first kappa shape index (κ1) is 23.6. The van der Waals surface area contributed by atoms with Gasteiger partial charge in [0.25, 0.3) is 0 Å². The number of sulfone groups is 1. The van der Waals surface area contributed by atoms with E-state index < -0.39 is 27.4 Å². The lowest BCUT2D eigenvalue weighted by atomic mass is 10.0. The predicted molar refractivity (Wildman–Crippen MR) is 122 cm³/mol. The van der Waals surface area contributed by atoms with Crippen LogP contribution < -0.4 is 4.90 Å². The number of pyridine rings is 1. The Morgan fingerprint density at radius 2 is 1.85 bits per heavy atom. The van der Waals surface area contributed by atoms with Crippen molar-refractivity contribution in [3.63, 3.8) is 0 Å². The zero-order valence-corrected chi connectivity index (χ0v) is 19.5. The largest absolute Gasteiger partial charge is 0.354 e. The average Bonchev–Trinajstić information content (AvgIpc) is 3.13. The number of hydrogen-bond donors (Lipinski definition) is 0. The third-order valence-corrected chi connectivity index (χ3v) is 7.33. The molecule has 0 N–H and O–H groups in total. The van der Waals surface area contributed by atoms with Crippen LogP contribution in [0.2, 0.25) is 5.02 Å². The van der Waals surface area contributed by atoms with Gasteiger partial charge in [-0.15, -0.1) is 0 Å². The third-order valence-electron chi connectivity index (χ3n) is 6.02. The fraction of sp³-hybridized carbons (Fsp3) is 0.409. The maximum atomic E-state index is 14.2. The second-order valence-electron chi connectivity index (χ2n) is 8.27. The normalized spacial score (nSPS) is 20.2. The number of anilines is 1. The molecular weight excluding hydrogens is 474 g/mol. The molecule has 0 bridgehead atoms. The van der Waals surface area contributed by atoms with Gasteiger partial charge >= 0.3 is 0 Å². The molecule has 0 aliphatic carbocycles. The summed E-state index contributed by atoms with van der Waals surface area (Å²) in [4.78, 5) is 24.6. The van der Waals surface area contributed by atoms with Gasteiger partial charge in [0, 0.05) is 44.3 Å². The number of benzene rings is 1. The van der Waals surface area contributed by atoms with Crippen molar-refractivity contribution in [2.24, 2.45) is 10.9 Å². The van der Waals surface area contributed by atoms with Crippen molar-refractivity contribution in [3.8, 4) is 0 Å². The Labute approximate surface area is 196 Å². The van der Waals surface area contributed by atoms with Crippen LogP contribution in [0.15, 0.2) is 40.4 Å². The van der Waals surface area contributed by atoms with E-state index in [1.807, 2.05) is 9.80 Å². The molecule has 2 aliphatic rings. The number of amides is 1. The Balaban J connectivity index is 1.37. The molecule has 2 saturated heterocycles. The van der Waals surface area contributed by atoms with Crippen LogP contribution in [0, 0.1) is 17.6 Å². The zero-order chi connectivity index (χ0) is 23.8. The number of carbonyl (C=O) groups is 1. The number of halogens is 3. The van der Waals surface area contributed by atoms with Gasteiger partial charge in [0.15, 0.2) is 21.5 Å². The molecule has 0 radical (unpaired) electrons. The van der Waals surface area contributed by atoms with Gasteiger partial charge in [-0.25, -0.2) is 22.2 Å². The van der Waals surface area contributed by atoms with Gasteiger partial charge < -0.3 is 9.80 Å². The molecule has 0 saturated carbocycles. The summed E-state index contributed by atoms with van der Waals surface area (Å²) in [5.41, 5.74) is -0.0144. The number of aliphatic imine (C=N–C) groups is 1. The molecule has 1 atom stereocenters. The van der Waals surface area contributed by atoms with Crippen molar-refractivity contribution in [2.45, 2.75) is 30.2 Å². The molecule has 2 fully saturated rings. The molecular formula is C22H23ClF2N4O3S. The van der Waals surface area contributed by atoms with Crippen LogP contribution in [-0.4, -0.2) is 62.4 Å². The first-order chi connectivity index (χ1) is 15.6. The lowest BCUT2D eigenvalue weighted by Gasteiger charge is -2.37. The smallest absolute Gasteiger partial charge is 0.231 e. The Bertz CT molecular complexity index is 1200. The minimum absolute atomic E-state index is 0.0144. The molecule has 2 aromatic rings. The van der Waals surface area contributed by atoms with Crippen molar-refractivity contribution in [2.75, 3.05) is 30.8 Å². The van der Waals surface area contributed by atoms with Crippen molar-refractivity contribution in [3.05, 3.63) is 47.1 Å². The minimum atomic E-state index is -3.51. The molecule has 33 heavy (non-hydrogen) atoms. The first-order valence-corrected chi connectivity index (χ1v) is 12.8. The molecule has 0 spiro atoms. The summed E-state index contributed by atoms with van der Waals surface area (Å²) in [6.45, 7) is 1.70. The highest BCUT2D eigenvalue weighted by Gasteiger charge is 2.36. The van der Waals surface area contributed by atoms with E-state index in [2.05, 4.69) is 9.98 Å². The first-order valence-electron chi connectivity index (χ1n) is 10.5. The van der Waals surface area contributed by atoms with Crippen LogP contribution >= 0.6 is 11.6 Å². The molecule has 1 unspecified atom stereocenters. The second kappa shape index (κ2) is 9.34. The van der Waals surface area contributed by atoms with E-state index in [0.717, 1.165) is 12.3 Å². The van der Waals surface area contributed by atoms with Crippen LogP contribution in [-0.2, 0) is 14.6 Å². The van der Waals surface area contributed by atoms with Gasteiger partial charge in [-0.05, 0) is 43.5 Å². The van der Waals surface area contributed by atoms with Crippen LogP contribution in [0.5, 0.6) is 0 Å². The predicted octanol–water partition coefficient (Wildman–Crippen LogP) is 3.64. The van der Waals surface area contributed by atoms with Gasteiger partial charge in [-0.2, -0.15) is 0 Å². The molecule has 2 aliphatic heterocycles. The summed E-state index contributed by atoms with van der Waals surface area (Å²) in [6, 6.07) is 4.78. The summed E-state index contributed by atoms with van der Waals surface area (Å²) in [5, 5.41) is 0.243. The highest BCUT2D eigenvalue weighted by Crippen LogP contribution is 2.29. The molecule has 1 aromatic heterocycles. The third kappa shape index (κ3) is 5.16. The highest BCUT2D eigenvalue weighted by molar-refractivity contribution is 7.90. The van der Waals surface area contributed by atoms with Crippen molar-refractivity contribution in [1.29, 1.82) is 0 Å². The van der Waals surface area contributed by atoms with Crippen LogP contribution in [0.3, 0.4) is 0 Å². The summed E-state index contributed by atoms with van der Waals surface area (Å²) >= 11 is 5.77. The summed E-state index contributed by atoms with van der Waals surface area (Å²) in [7, 11) is -3.51. The number of piperidine rings is 1. The number of rotatable bonds is 5. The maximum absolute atomic E-state index is 14.2. The van der Waals surface area contributed by atoms with Crippen LogP contribution in [0.1, 0.15) is 19.3 Å². The van der Waals surface area contributed by atoms with E-state index in [4.69, 9.17) is 11.6 Å². The van der Waals surface area contributed by atoms with E-state index in [1.165, 1.54) is 30.6 Å². The van der Waals surface area contributed by atoms with Gasteiger partial charge in [-0.3, -0.25) is 9.79 Å². The number of likely N-dealkylation sites (tertiary alicyclic amines) is 1. The molecule has 176 valence electrons. The molecule has 1 amide bonds. The monoisotopic (exact) mass is 496 g/mol. The molecule has 1 aromatic carbocycles. The maximum Gasteiger partial charge on any atom is 0.231 e. The highest BCUT2D eigenvalue weighted by atomic mass is 35.5. The van der Waals surface area contributed by atoms with E-state index in [1.54, 1.807) is 0 Å². The Morgan fingerprint density at radius 1 is 1.12 bits per heavy atom. The fourth-order valence-corrected chi connectivity index (χ4v) is 5.03. The summed E-state index contributed by atoms with van der Waals surface area (Å²) < 4.78 is 51.5. The minimum Gasteiger partial charge on any atom is -0.354 e. The quantitative estimate of drug-likeness (QED) is 0.590. The zero-order valence-electron chi connectivity index (χ0n) is 17.9. The van der Waals surface area contributed by atoms with E-state index in [-0.39, 0.29) is 33.4 Å². The van der Waals surface area contributed by atoms with E-state index in [9.17, 15) is 22.0 Å². The van der Waals surface area contributed by atoms with Crippen molar-refractivity contribution < 1.29 is 22.0 Å².